The third-order valence-corrected chi connectivity index (χ3v) is 2.01. The molecule has 0 spiro atoms. The average Bonchev–Trinajstić information content (AvgIpc) is 2.37. The molecule has 1 fully saturated rings. The Balaban J connectivity index is 1.99. The summed E-state index contributed by atoms with van der Waals surface area (Å²) in [5, 5.41) is 15.7. The summed E-state index contributed by atoms with van der Waals surface area (Å²) in [5.74, 6) is 1.11. The van der Waals surface area contributed by atoms with Gasteiger partial charge in [-0.3, -0.25) is 0 Å². The molecule has 1 radical (unpaired) electrons. The van der Waals surface area contributed by atoms with Crippen LogP contribution >= 0.6 is 0 Å². The van der Waals surface area contributed by atoms with Crippen molar-refractivity contribution in [3.8, 4) is 6.07 Å². The van der Waals surface area contributed by atoms with E-state index in [0.29, 0.717) is 11.8 Å². The average molecular weight is 148 g/mol. The van der Waals surface area contributed by atoms with Crippen molar-refractivity contribution in [1.82, 2.24) is 10.2 Å². The van der Waals surface area contributed by atoms with E-state index in [1.807, 2.05) is 0 Å². The first-order valence-electron chi connectivity index (χ1n) is 3.49. The molecule has 0 bridgehead atoms. The predicted molar refractivity (Wildman–Crippen MR) is 34.2 cm³/mol. The van der Waals surface area contributed by atoms with Gasteiger partial charge in [0.1, 0.15) is 0 Å². The van der Waals surface area contributed by atoms with E-state index in [0.717, 1.165) is 12.8 Å². The Bertz CT molecular complexity index is 268. The number of nitriles is 1. The molecular weight excluding hydrogens is 142 g/mol. The quantitative estimate of drug-likeness (QED) is 0.593. The van der Waals surface area contributed by atoms with Gasteiger partial charge in [-0.1, -0.05) is 0 Å². The van der Waals surface area contributed by atoms with E-state index in [4.69, 9.17) is 9.68 Å². The van der Waals surface area contributed by atoms with Gasteiger partial charge in [0, 0.05) is 11.8 Å². The molecule has 2 rings (SSSR count). The molecule has 0 atom stereocenters. The molecule has 1 saturated carbocycles. The van der Waals surface area contributed by atoms with E-state index < -0.39 is 0 Å². The topological polar surface area (TPSA) is 62.7 Å². The minimum atomic E-state index is 0.187. The van der Waals surface area contributed by atoms with Gasteiger partial charge >= 0.3 is 6.39 Å². The minimum Gasteiger partial charge on any atom is -0.417 e. The summed E-state index contributed by atoms with van der Waals surface area (Å²) in [4.78, 5) is 0. The molecule has 1 aliphatic rings. The third kappa shape index (κ3) is 0.984. The Hall–Kier alpha value is -1.37. The van der Waals surface area contributed by atoms with Crippen molar-refractivity contribution in [2.24, 2.45) is 5.92 Å². The van der Waals surface area contributed by atoms with Crippen molar-refractivity contribution in [1.29, 1.82) is 5.26 Å². The summed E-state index contributed by atoms with van der Waals surface area (Å²) in [7, 11) is 0. The predicted octanol–water partition coefficient (Wildman–Crippen LogP) is 0.887. The molecule has 0 N–H and O–H groups in total. The molecule has 4 heteroatoms. The number of aromatic nitrogens is 2. The Kier molecular flexibility index (Phi) is 1.35. The highest BCUT2D eigenvalue weighted by molar-refractivity contribution is 5.04. The van der Waals surface area contributed by atoms with E-state index in [1.165, 1.54) is 0 Å². The zero-order valence-electron chi connectivity index (χ0n) is 5.82. The van der Waals surface area contributed by atoms with Gasteiger partial charge in [0.25, 0.3) is 0 Å². The molecule has 0 amide bonds. The molecule has 11 heavy (non-hydrogen) atoms. The number of hydrogen-bond donors (Lipinski definition) is 0. The zero-order valence-corrected chi connectivity index (χ0v) is 5.82. The van der Waals surface area contributed by atoms with Crippen LogP contribution in [0.3, 0.4) is 0 Å². The minimum absolute atomic E-state index is 0.187. The van der Waals surface area contributed by atoms with Crippen molar-refractivity contribution in [3.63, 3.8) is 0 Å². The van der Waals surface area contributed by atoms with Crippen LogP contribution in [0.15, 0.2) is 4.42 Å². The first-order chi connectivity index (χ1) is 5.40. The van der Waals surface area contributed by atoms with Crippen LogP contribution in [0.5, 0.6) is 0 Å². The lowest BCUT2D eigenvalue weighted by atomic mass is 9.76. The highest BCUT2D eigenvalue weighted by Gasteiger charge is 2.33. The lowest BCUT2D eigenvalue weighted by molar-refractivity contribution is 0.276. The SMILES string of the molecule is N#CC1CC(c2nn[c]o2)C1. The molecule has 1 aromatic heterocycles. The van der Waals surface area contributed by atoms with Gasteiger partial charge in [0.2, 0.25) is 5.89 Å². The standard InChI is InChI=1S/C7H6N3O/c8-3-5-1-6(2-5)7-10-9-4-11-7/h5-6H,1-2H2. The van der Waals surface area contributed by atoms with Crippen molar-refractivity contribution >= 4 is 0 Å². The second-order valence-corrected chi connectivity index (χ2v) is 2.73. The second kappa shape index (κ2) is 2.35. The van der Waals surface area contributed by atoms with Gasteiger partial charge < -0.3 is 4.42 Å². The van der Waals surface area contributed by atoms with E-state index in [-0.39, 0.29) is 5.92 Å². The van der Waals surface area contributed by atoms with Crippen molar-refractivity contribution < 1.29 is 4.42 Å². The van der Waals surface area contributed by atoms with Crippen LogP contribution < -0.4 is 0 Å². The molecular formula is C7H6N3O. The lowest BCUT2D eigenvalue weighted by Crippen LogP contribution is -2.20. The fourth-order valence-corrected chi connectivity index (χ4v) is 1.25. The van der Waals surface area contributed by atoms with Gasteiger partial charge in [-0.25, -0.2) is 0 Å². The van der Waals surface area contributed by atoms with Gasteiger partial charge in [-0.2, -0.15) is 5.26 Å². The molecule has 0 aliphatic heterocycles. The summed E-state index contributed by atoms with van der Waals surface area (Å²) < 4.78 is 4.87. The van der Waals surface area contributed by atoms with E-state index in [2.05, 4.69) is 22.7 Å². The van der Waals surface area contributed by atoms with E-state index in [1.54, 1.807) is 0 Å². The number of rotatable bonds is 1. The summed E-state index contributed by atoms with van der Waals surface area (Å²) in [6.07, 6.45) is 4.00. The first-order valence-corrected chi connectivity index (χ1v) is 3.49. The van der Waals surface area contributed by atoms with Crippen LogP contribution in [0.4, 0.5) is 0 Å². The normalized spacial score (nSPS) is 29.0. The van der Waals surface area contributed by atoms with Crippen molar-refractivity contribution in [2.75, 3.05) is 0 Å². The van der Waals surface area contributed by atoms with Gasteiger partial charge in [-0.05, 0) is 12.8 Å². The molecule has 1 heterocycles. The monoisotopic (exact) mass is 148 g/mol. The molecule has 1 aliphatic carbocycles. The van der Waals surface area contributed by atoms with Crippen LogP contribution in [0.1, 0.15) is 24.7 Å². The molecule has 0 saturated heterocycles. The van der Waals surface area contributed by atoms with E-state index >= 15 is 0 Å². The highest BCUT2D eigenvalue weighted by Crippen LogP contribution is 2.39. The van der Waals surface area contributed by atoms with Crippen LogP contribution in [0, 0.1) is 23.6 Å². The first kappa shape index (κ1) is 6.35. The highest BCUT2D eigenvalue weighted by atomic mass is 16.4. The third-order valence-electron chi connectivity index (χ3n) is 2.01. The Morgan fingerprint density at radius 1 is 1.64 bits per heavy atom. The summed E-state index contributed by atoms with van der Waals surface area (Å²) in [6, 6.07) is 2.19. The molecule has 0 aromatic carbocycles. The smallest absolute Gasteiger partial charge is 0.305 e. The fraction of sp³-hybridized carbons (Fsp3) is 0.571. The Morgan fingerprint density at radius 2 is 2.45 bits per heavy atom. The summed E-state index contributed by atoms with van der Waals surface area (Å²) in [6.45, 7) is 0. The molecule has 4 nitrogen and oxygen atoms in total. The fourth-order valence-electron chi connectivity index (χ4n) is 1.25. The van der Waals surface area contributed by atoms with Crippen molar-refractivity contribution in [3.05, 3.63) is 12.3 Å². The lowest BCUT2D eigenvalue weighted by Gasteiger charge is -2.26. The molecule has 0 unspecified atom stereocenters. The van der Waals surface area contributed by atoms with Crippen LogP contribution in [0.25, 0.3) is 0 Å². The van der Waals surface area contributed by atoms with Gasteiger partial charge in [0.05, 0.1) is 6.07 Å². The second-order valence-electron chi connectivity index (χ2n) is 2.73. The maximum absolute atomic E-state index is 8.48. The maximum Gasteiger partial charge on any atom is 0.305 e. The number of hydrogen-bond acceptors (Lipinski definition) is 4. The van der Waals surface area contributed by atoms with Crippen LogP contribution in [-0.4, -0.2) is 10.2 Å². The van der Waals surface area contributed by atoms with Crippen molar-refractivity contribution in [2.45, 2.75) is 18.8 Å². The van der Waals surface area contributed by atoms with Gasteiger partial charge in [0.15, 0.2) is 0 Å². The zero-order chi connectivity index (χ0) is 7.68. The number of nitrogens with zero attached hydrogens (tertiary/aromatic N) is 3. The maximum atomic E-state index is 8.48. The van der Waals surface area contributed by atoms with Gasteiger partial charge in [-0.15, -0.1) is 10.2 Å². The molecule has 1 aromatic rings. The Labute approximate surface area is 63.8 Å². The Morgan fingerprint density at radius 3 is 3.00 bits per heavy atom. The van der Waals surface area contributed by atoms with Crippen LogP contribution in [-0.2, 0) is 0 Å². The largest absolute Gasteiger partial charge is 0.417 e. The summed E-state index contributed by atoms with van der Waals surface area (Å²) >= 11 is 0. The summed E-state index contributed by atoms with van der Waals surface area (Å²) in [5.41, 5.74) is 0. The van der Waals surface area contributed by atoms with Crippen LogP contribution in [0.2, 0.25) is 0 Å². The van der Waals surface area contributed by atoms with E-state index in [9.17, 15) is 0 Å². The molecule has 55 valence electrons.